The minimum absolute atomic E-state index is 0.0543. The van der Waals surface area contributed by atoms with Crippen molar-refractivity contribution < 1.29 is 24.5 Å². The van der Waals surface area contributed by atoms with Crippen molar-refractivity contribution in [3.05, 3.63) is 60.8 Å². The summed E-state index contributed by atoms with van der Waals surface area (Å²) >= 11 is 0. The maximum Gasteiger partial charge on any atom is 0.306 e. The summed E-state index contributed by atoms with van der Waals surface area (Å²) in [5.74, 6) is -0.515. The van der Waals surface area contributed by atoms with Crippen LogP contribution in [-0.4, -0.2) is 46.9 Å². The highest BCUT2D eigenvalue weighted by Gasteiger charge is 2.24. The number of carbonyl (C=O) groups is 2. The van der Waals surface area contributed by atoms with Crippen LogP contribution in [0.2, 0.25) is 0 Å². The first-order valence-corrected chi connectivity index (χ1v) is 30.5. The van der Waals surface area contributed by atoms with Crippen LogP contribution in [0.25, 0.3) is 0 Å². The number of amides is 1. The highest BCUT2D eigenvalue weighted by molar-refractivity contribution is 5.77. The molecule has 0 aromatic rings. The molecule has 0 saturated carbocycles. The lowest BCUT2D eigenvalue weighted by Gasteiger charge is -2.24. The highest BCUT2D eigenvalue weighted by Crippen LogP contribution is 2.18. The molecule has 0 spiro atoms. The quantitative estimate of drug-likeness (QED) is 0.0321. The van der Waals surface area contributed by atoms with Crippen LogP contribution in [0.5, 0.6) is 0 Å². The van der Waals surface area contributed by atoms with Gasteiger partial charge in [0.05, 0.1) is 25.2 Å². The molecule has 0 rings (SSSR count). The maximum absolute atomic E-state index is 13.3. The minimum atomic E-state index is -0.800. The van der Waals surface area contributed by atoms with Crippen LogP contribution in [0, 0.1) is 0 Å². The topological polar surface area (TPSA) is 95.9 Å². The molecule has 0 aliphatic heterocycles. The number of aliphatic hydroxyl groups is 2. The number of hydrogen-bond donors (Lipinski definition) is 3. The van der Waals surface area contributed by atoms with E-state index in [9.17, 15) is 19.8 Å². The van der Waals surface area contributed by atoms with Gasteiger partial charge in [-0.05, 0) is 96.3 Å². The molecular weight excluding hydrogens is 863 g/mol. The average Bonchev–Trinajstić information content (AvgIpc) is 3.35. The van der Waals surface area contributed by atoms with Gasteiger partial charge < -0.3 is 20.3 Å². The van der Waals surface area contributed by atoms with Crippen molar-refractivity contribution >= 4 is 11.9 Å². The van der Waals surface area contributed by atoms with Gasteiger partial charge >= 0.3 is 5.97 Å². The first-order chi connectivity index (χ1) is 34.5. The number of carbonyl (C=O) groups excluding carboxylic acids is 2. The van der Waals surface area contributed by atoms with Gasteiger partial charge in [-0.3, -0.25) is 9.59 Å². The van der Waals surface area contributed by atoms with Crippen LogP contribution < -0.4 is 5.32 Å². The largest absolute Gasteiger partial charge is 0.462 e. The molecule has 0 aliphatic carbocycles. The van der Waals surface area contributed by atoms with Crippen molar-refractivity contribution in [3.8, 4) is 0 Å². The molecule has 6 nitrogen and oxygen atoms in total. The minimum Gasteiger partial charge on any atom is -0.462 e. The highest BCUT2D eigenvalue weighted by atomic mass is 16.5. The van der Waals surface area contributed by atoms with Crippen LogP contribution in [0.15, 0.2) is 60.8 Å². The van der Waals surface area contributed by atoms with Gasteiger partial charge in [-0.1, -0.05) is 261 Å². The summed E-state index contributed by atoms with van der Waals surface area (Å²) in [7, 11) is 0. The van der Waals surface area contributed by atoms with Crippen LogP contribution in [0.4, 0.5) is 0 Å². The molecule has 0 fully saturated rings. The van der Waals surface area contributed by atoms with E-state index in [0.29, 0.717) is 19.3 Å². The molecule has 1 amide bonds. The molecule has 3 unspecified atom stereocenters. The zero-order valence-electron chi connectivity index (χ0n) is 46.7. The van der Waals surface area contributed by atoms with Crippen molar-refractivity contribution in [2.45, 2.75) is 328 Å². The predicted molar refractivity (Wildman–Crippen MR) is 305 cm³/mol. The van der Waals surface area contributed by atoms with E-state index in [1.54, 1.807) is 0 Å². The normalized spacial score (nSPS) is 13.5. The molecule has 0 aliphatic rings. The Morgan fingerprint density at radius 3 is 1.16 bits per heavy atom. The summed E-state index contributed by atoms with van der Waals surface area (Å²) in [5.41, 5.74) is 0. The SMILES string of the molecule is CCCCC/C=C\C/C=C\C/C=C\C/C=C\CCCCCC(=O)OC(CCCCC/C=C/CCCCCCCCCCC)CC(=O)NC(CO)C(O)CCCCCCCCCCCCCCCCCC. The molecular formula is C64H117NO5. The van der Waals surface area contributed by atoms with E-state index < -0.39 is 18.2 Å². The zero-order chi connectivity index (χ0) is 50.9. The third kappa shape index (κ3) is 51.9. The summed E-state index contributed by atoms with van der Waals surface area (Å²) < 4.78 is 5.95. The molecule has 0 saturated heterocycles. The molecule has 3 N–H and O–H groups in total. The summed E-state index contributed by atoms with van der Waals surface area (Å²) in [6.07, 6.45) is 72.9. The number of esters is 1. The van der Waals surface area contributed by atoms with Crippen molar-refractivity contribution in [1.82, 2.24) is 5.32 Å². The van der Waals surface area contributed by atoms with E-state index in [1.165, 1.54) is 167 Å². The number of allylic oxidation sites excluding steroid dienone is 10. The second kappa shape index (κ2) is 57.5. The lowest BCUT2D eigenvalue weighted by Crippen LogP contribution is -2.46. The lowest BCUT2D eigenvalue weighted by molar-refractivity contribution is -0.151. The standard InChI is InChI=1S/C64H117NO5/c1-4-7-10-13-16-19-22-25-28-31-32-33-36-39-42-45-48-51-54-57-64(69)70-60(55-52-49-46-43-40-37-34-29-26-23-20-17-14-11-8-5-2)58-63(68)65-61(59-66)62(67)56-53-50-47-44-41-38-35-30-27-24-21-18-15-12-9-6-3/h16,19,25,28,32-33,37,39-40,42,60-62,66-67H,4-15,17-18,20-24,26-27,29-31,34-36,38,41,43-59H2,1-3H3,(H,65,68)/b19-16-,28-25-,33-32-,40-37+,42-39-. The zero-order valence-corrected chi connectivity index (χ0v) is 46.7. The molecule has 0 aromatic heterocycles. The monoisotopic (exact) mass is 980 g/mol. The third-order valence-electron chi connectivity index (χ3n) is 13.8. The van der Waals surface area contributed by atoms with Crippen LogP contribution in [0.1, 0.15) is 310 Å². The molecule has 70 heavy (non-hydrogen) atoms. The summed E-state index contributed by atoms with van der Waals surface area (Å²) in [4.78, 5) is 26.3. The summed E-state index contributed by atoms with van der Waals surface area (Å²) in [5, 5.41) is 23.9. The first-order valence-electron chi connectivity index (χ1n) is 30.5. The number of hydrogen-bond acceptors (Lipinski definition) is 5. The summed E-state index contributed by atoms with van der Waals surface area (Å²) in [6, 6.07) is -0.716. The fourth-order valence-corrected chi connectivity index (χ4v) is 9.18. The Hall–Kier alpha value is -2.44. The van der Waals surface area contributed by atoms with Gasteiger partial charge in [-0.15, -0.1) is 0 Å². The smallest absolute Gasteiger partial charge is 0.306 e. The van der Waals surface area contributed by atoms with Gasteiger partial charge in [0, 0.05) is 6.42 Å². The maximum atomic E-state index is 13.3. The van der Waals surface area contributed by atoms with Crippen molar-refractivity contribution in [2.75, 3.05) is 6.61 Å². The van der Waals surface area contributed by atoms with E-state index in [0.717, 1.165) is 96.3 Å². The number of rotatable bonds is 55. The van der Waals surface area contributed by atoms with Crippen molar-refractivity contribution in [3.63, 3.8) is 0 Å². The van der Waals surface area contributed by atoms with Crippen LogP contribution in [0.3, 0.4) is 0 Å². The molecule has 3 atom stereocenters. The van der Waals surface area contributed by atoms with Crippen LogP contribution in [-0.2, 0) is 14.3 Å². The van der Waals surface area contributed by atoms with Crippen molar-refractivity contribution in [2.24, 2.45) is 0 Å². The van der Waals surface area contributed by atoms with Gasteiger partial charge in [0.25, 0.3) is 0 Å². The van der Waals surface area contributed by atoms with Gasteiger partial charge in [-0.25, -0.2) is 0 Å². The second-order valence-electron chi connectivity index (χ2n) is 20.7. The molecule has 0 bridgehead atoms. The van der Waals surface area contributed by atoms with Gasteiger partial charge in [-0.2, -0.15) is 0 Å². The number of aliphatic hydroxyl groups excluding tert-OH is 2. The Labute approximate surface area is 435 Å². The van der Waals surface area contributed by atoms with Gasteiger partial charge in [0.2, 0.25) is 5.91 Å². The Morgan fingerprint density at radius 2 is 0.729 bits per heavy atom. The molecule has 0 radical (unpaired) electrons. The number of unbranched alkanes of at least 4 members (excludes halogenated alkanes) is 33. The predicted octanol–water partition coefficient (Wildman–Crippen LogP) is 19.1. The van der Waals surface area contributed by atoms with Gasteiger partial charge in [0.15, 0.2) is 0 Å². The first kappa shape index (κ1) is 67.6. The number of nitrogens with one attached hydrogen (secondary N) is 1. The van der Waals surface area contributed by atoms with Crippen molar-refractivity contribution in [1.29, 1.82) is 0 Å². The van der Waals surface area contributed by atoms with Crippen LogP contribution >= 0.6 is 0 Å². The number of ether oxygens (including phenoxy) is 1. The molecule has 0 aromatic carbocycles. The molecule has 0 heterocycles. The van der Waals surface area contributed by atoms with E-state index in [1.807, 2.05) is 0 Å². The lowest BCUT2D eigenvalue weighted by atomic mass is 10.0. The Bertz CT molecular complexity index is 1240. The van der Waals surface area contributed by atoms with E-state index in [2.05, 4.69) is 86.8 Å². The van der Waals surface area contributed by atoms with Gasteiger partial charge in [0.1, 0.15) is 6.10 Å². The fourth-order valence-electron chi connectivity index (χ4n) is 9.18. The third-order valence-corrected chi connectivity index (χ3v) is 13.8. The van der Waals surface area contributed by atoms with E-state index >= 15 is 0 Å². The molecule has 408 valence electrons. The summed E-state index contributed by atoms with van der Waals surface area (Å²) in [6.45, 7) is 6.48. The van der Waals surface area contributed by atoms with E-state index in [4.69, 9.17) is 4.74 Å². The Morgan fingerprint density at radius 1 is 0.414 bits per heavy atom. The second-order valence-corrected chi connectivity index (χ2v) is 20.7. The average molecular weight is 981 g/mol. The fraction of sp³-hybridized carbons (Fsp3) is 0.812. The Kier molecular flexibility index (Phi) is 55.5. The molecule has 6 heteroatoms. The van der Waals surface area contributed by atoms with E-state index in [-0.39, 0.29) is 24.9 Å². The Balaban J connectivity index is 4.62.